The Labute approximate surface area is 191 Å². The van der Waals surface area contributed by atoms with Crippen molar-refractivity contribution in [2.75, 3.05) is 13.7 Å². The third-order valence-corrected chi connectivity index (χ3v) is 5.30. The first kappa shape index (κ1) is 23.6. The largest absolute Gasteiger partial charge is 0.496 e. The van der Waals surface area contributed by atoms with Gasteiger partial charge in [0.15, 0.2) is 0 Å². The Kier molecular flexibility index (Phi) is 9.82. The molecule has 0 saturated carbocycles. The molecule has 0 amide bonds. The van der Waals surface area contributed by atoms with Gasteiger partial charge in [-0.2, -0.15) is 0 Å². The maximum atomic E-state index is 6.23. The monoisotopic (exact) mass is 495 g/mol. The molecule has 29 heavy (non-hydrogen) atoms. The molecule has 0 heterocycles. The summed E-state index contributed by atoms with van der Waals surface area (Å²) >= 11 is 9.78. The topological polar surface area (TPSA) is 30.5 Å². The van der Waals surface area contributed by atoms with Gasteiger partial charge < -0.3 is 14.8 Å². The average molecular weight is 497 g/mol. The lowest BCUT2D eigenvalue weighted by molar-refractivity contribution is 0.302. The Bertz CT molecular complexity index is 921. The zero-order valence-corrected chi connectivity index (χ0v) is 19.3. The maximum Gasteiger partial charge on any atom is 0.124 e. The van der Waals surface area contributed by atoms with Gasteiger partial charge >= 0.3 is 0 Å². The van der Waals surface area contributed by atoms with E-state index in [1.54, 1.807) is 7.11 Å². The first-order valence-corrected chi connectivity index (χ1v) is 10.3. The van der Waals surface area contributed by atoms with Crippen LogP contribution in [-0.4, -0.2) is 13.7 Å². The molecule has 3 nitrogen and oxygen atoms in total. The van der Waals surface area contributed by atoms with Crippen LogP contribution in [0, 0.1) is 0 Å². The van der Waals surface area contributed by atoms with E-state index in [1.165, 1.54) is 5.56 Å². The predicted molar refractivity (Wildman–Crippen MR) is 126 cm³/mol. The predicted octanol–water partition coefficient (Wildman–Crippen LogP) is 6.44. The summed E-state index contributed by atoms with van der Waals surface area (Å²) in [6.07, 6.45) is 0.897. The van der Waals surface area contributed by atoms with Crippen molar-refractivity contribution in [2.24, 2.45) is 0 Å². The third-order valence-electron chi connectivity index (χ3n) is 4.44. The lowest BCUT2D eigenvalue weighted by atomic mass is 10.1. The van der Waals surface area contributed by atoms with Crippen LogP contribution in [0.1, 0.15) is 16.7 Å². The molecule has 3 aromatic rings. The van der Waals surface area contributed by atoms with E-state index in [9.17, 15) is 0 Å². The number of benzene rings is 3. The number of nitrogens with one attached hydrogen (secondary N) is 1. The van der Waals surface area contributed by atoms with Gasteiger partial charge in [-0.15, -0.1) is 12.4 Å². The van der Waals surface area contributed by atoms with E-state index in [2.05, 4.69) is 33.4 Å². The average Bonchev–Trinajstić information content (AvgIpc) is 2.72. The third kappa shape index (κ3) is 6.93. The van der Waals surface area contributed by atoms with Crippen LogP contribution in [-0.2, 0) is 19.6 Å². The number of para-hydroxylation sites is 1. The fraction of sp³-hybridized carbons (Fsp3) is 0.217. The van der Waals surface area contributed by atoms with E-state index in [0.29, 0.717) is 13.2 Å². The van der Waals surface area contributed by atoms with Crippen molar-refractivity contribution in [1.82, 2.24) is 5.32 Å². The van der Waals surface area contributed by atoms with Crippen LogP contribution in [0.3, 0.4) is 0 Å². The van der Waals surface area contributed by atoms with E-state index >= 15 is 0 Å². The van der Waals surface area contributed by atoms with Crippen molar-refractivity contribution < 1.29 is 9.47 Å². The second kappa shape index (κ2) is 12.1. The van der Waals surface area contributed by atoms with Gasteiger partial charge in [0, 0.05) is 27.2 Å². The summed E-state index contributed by atoms with van der Waals surface area (Å²) in [5.41, 5.74) is 3.27. The number of hydrogen-bond donors (Lipinski definition) is 1. The Morgan fingerprint density at radius 3 is 2.38 bits per heavy atom. The lowest BCUT2D eigenvalue weighted by Crippen LogP contribution is -2.17. The van der Waals surface area contributed by atoms with Crippen LogP contribution in [0.2, 0.25) is 5.02 Å². The normalized spacial score (nSPS) is 10.3. The minimum absolute atomic E-state index is 0. The molecular weight excluding hydrogens is 473 g/mol. The van der Waals surface area contributed by atoms with Crippen molar-refractivity contribution in [3.8, 4) is 11.5 Å². The molecule has 0 saturated heterocycles. The van der Waals surface area contributed by atoms with Gasteiger partial charge in [-0.05, 0) is 48.9 Å². The van der Waals surface area contributed by atoms with Crippen molar-refractivity contribution in [2.45, 2.75) is 19.6 Å². The fourth-order valence-electron chi connectivity index (χ4n) is 2.95. The second-order valence-electron chi connectivity index (χ2n) is 6.37. The van der Waals surface area contributed by atoms with Crippen LogP contribution in [0.4, 0.5) is 0 Å². The highest BCUT2D eigenvalue weighted by Crippen LogP contribution is 2.25. The molecule has 0 unspecified atom stereocenters. The first-order chi connectivity index (χ1) is 13.7. The summed E-state index contributed by atoms with van der Waals surface area (Å²) in [5, 5.41) is 4.21. The summed E-state index contributed by atoms with van der Waals surface area (Å²) in [6, 6.07) is 21.9. The fourth-order valence-corrected chi connectivity index (χ4v) is 3.55. The van der Waals surface area contributed by atoms with E-state index in [-0.39, 0.29) is 12.4 Å². The maximum absolute atomic E-state index is 6.23. The molecule has 0 spiro atoms. The molecule has 0 aromatic heterocycles. The Morgan fingerprint density at radius 1 is 0.897 bits per heavy atom. The smallest absolute Gasteiger partial charge is 0.124 e. The van der Waals surface area contributed by atoms with Gasteiger partial charge in [0.25, 0.3) is 0 Å². The summed E-state index contributed by atoms with van der Waals surface area (Å²) in [4.78, 5) is 0. The molecule has 0 aliphatic rings. The molecular formula is C23H24BrCl2NO2. The van der Waals surface area contributed by atoms with Crippen LogP contribution in [0.25, 0.3) is 0 Å². The molecule has 0 aliphatic heterocycles. The highest BCUT2D eigenvalue weighted by molar-refractivity contribution is 9.10. The van der Waals surface area contributed by atoms with E-state index in [1.807, 2.05) is 54.6 Å². The van der Waals surface area contributed by atoms with Crippen molar-refractivity contribution in [1.29, 1.82) is 0 Å². The number of ether oxygens (including phenoxy) is 2. The number of halogens is 3. The second-order valence-corrected chi connectivity index (χ2v) is 7.69. The number of rotatable bonds is 9. The molecule has 0 radical (unpaired) electrons. The molecule has 3 aromatic carbocycles. The zero-order chi connectivity index (χ0) is 19.8. The molecule has 0 bridgehead atoms. The molecule has 3 rings (SSSR count). The quantitative estimate of drug-likeness (QED) is 0.345. The summed E-state index contributed by atoms with van der Waals surface area (Å²) in [5.74, 6) is 1.78. The Morgan fingerprint density at radius 2 is 1.62 bits per heavy atom. The minimum Gasteiger partial charge on any atom is -0.496 e. The van der Waals surface area contributed by atoms with Crippen LogP contribution in [0.15, 0.2) is 71.2 Å². The highest BCUT2D eigenvalue weighted by Gasteiger charge is 2.07. The molecule has 1 N–H and O–H groups in total. The van der Waals surface area contributed by atoms with Gasteiger partial charge in [-0.25, -0.2) is 0 Å². The van der Waals surface area contributed by atoms with Gasteiger partial charge in [0.2, 0.25) is 0 Å². The number of methoxy groups -OCH3 is 1. The molecule has 0 aliphatic carbocycles. The van der Waals surface area contributed by atoms with Crippen LogP contribution in [0.5, 0.6) is 11.5 Å². The van der Waals surface area contributed by atoms with Crippen molar-refractivity contribution in [3.63, 3.8) is 0 Å². The van der Waals surface area contributed by atoms with Gasteiger partial charge in [-0.3, -0.25) is 0 Å². The van der Waals surface area contributed by atoms with E-state index < -0.39 is 0 Å². The van der Waals surface area contributed by atoms with Gasteiger partial charge in [0.1, 0.15) is 18.1 Å². The summed E-state index contributed by atoms with van der Waals surface area (Å²) in [6.45, 7) is 2.00. The Hall–Kier alpha value is -1.72. The summed E-state index contributed by atoms with van der Waals surface area (Å²) < 4.78 is 12.5. The van der Waals surface area contributed by atoms with Crippen molar-refractivity contribution in [3.05, 3.63) is 92.9 Å². The van der Waals surface area contributed by atoms with E-state index in [0.717, 1.165) is 45.1 Å². The minimum atomic E-state index is 0. The Balaban J connectivity index is 0.00000300. The van der Waals surface area contributed by atoms with Crippen LogP contribution >= 0.6 is 39.9 Å². The standard InChI is InChI=1S/C23H23BrClNO2.ClH/c1-27-22-9-5-3-6-17(22)12-13-26-15-19-14-20(24)10-11-23(19)28-16-18-7-2-4-8-21(18)25;/h2-11,14,26H,12-13,15-16H2,1H3;1H. The zero-order valence-electron chi connectivity index (χ0n) is 16.2. The first-order valence-electron chi connectivity index (χ1n) is 9.14. The number of hydrogen-bond acceptors (Lipinski definition) is 3. The lowest BCUT2D eigenvalue weighted by Gasteiger charge is -2.14. The highest BCUT2D eigenvalue weighted by atomic mass is 79.9. The molecule has 0 atom stereocenters. The van der Waals surface area contributed by atoms with Gasteiger partial charge in [-0.1, -0.05) is 63.9 Å². The summed E-state index contributed by atoms with van der Waals surface area (Å²) in [7, 11) is 1.70. The van der Waals surface area contributed by atoms with E-state index in [4.69, 9.17) is 21.1 Å². The van der Waals surface area contributed by atoms with Gasteiger partial charge in [0.05, 0.1) is 7.11 Å². The molecule has 0 fully saturated rings. The molecule has 154 valence electrons. The molecule has 6 heteroatoms. The van der Waals surface area contributed by atoms with Crippen molar-refractivity contribution >= 4 is 39.9 Å². The SMILES string of the molecule is COc1ccccc1CCNCc1cc(Br)ccc1OCc1ccccc1Cl.Cl. The van der Waals surface area contributed by atoms with Crippen LogP contribution < -0.4 is 14.8 Å².